The van der Waals surface area contributed by atoms with E-state index >= 15 is 0 Å². The standard InChI is InChI=1S/C20H21BrFNO2/c21-19-8-5-16(22)13-18(19)20(25)23-11-9-15(10-12-23)2-1-14-3-6-17(24)7-4-14/h3-8,13,15,24H,1-2,9-12H2. The average Bonchev–Trinajstić information content (AvgIpc) is 2.63. The van der Waals surface area contributed by atoms with Gasteiger partial charge in [-0.3, -0.25) is 4.79 Å². The number of aromatic hydroxyl groups is 1. The van der Waals surface area contributed by atoms with E-state index in [0.717, 1.165) is 25.7 Å². The first-order chi connectivity index (χ1) is 12.0. The minimum atomic E-state index is -0.393. The Balaban J connectivity index is 1.52. The molecule has 3 nitrogen and oxygen atoms in total. The lowest BCUT2D eigenvalue weighted by Gasteiger charge is -2.32. The van der Waals surface area contributed by atoms with Crippen LogP contribution in [0.2, 0.25) is 0 Å². The first-order valence-corrected chi connectivity index (χ1v) is 9.34. The number of carbonyl (C=O) groups excluding carboxylic acids is 1. The normalized spacial score (nSPS) is 15.4. The van der Waals surface area contributed by atoms with Crippen LogP contribution in [-0.2, 0) is 6.42 Å². The molecule has 1 N–H and O–H groups in total. The van der Waals surface area contributed by atoms with E-state index in [1.165, 1.54) is 17.7 Å². The van der Waals surface area contributed by atoms with Crippen molar-refractivity contribution in [2.75, 3.05) is 13.1 Å². The van der Waals surface area contributed by atoms with Gasteiger partial charge in [0.1, 0.15) is 11.6 Å². The fourth-order valence-electron chi connectivity index (χ4n) is 3.29. The van der Waals surface area contributed by atoms with Gasteiger partial charge in [-0.1, -0.05) is 12.1 Å². The molecule has 1 aliphatic rings. The van der Waals surface area contributed by atoms with Crippen LogP contribution in [0.4, 0.5) is 4.39 Å². The lowest BCUT2D eigenvalue weighted by molar-refractivity contribution is 0.0685. The van der Waals surface area contributed by atoms with Crippen LogP contribution in [0.3, 0.4) is 0 Å². The second-order valence-corrected chi connectivity index (χ2v) is 7.42. The fourth-order valence-corrected chi connectivity index (χ4v) is 3.71. The Bertz CT molecular complexity index is 740. The number of amides is 1. The number of likely N-dealkylation sites (tertiary alicyclic amines) is 1. The monoisotopic (exact) mass is 405 g/mol. The third-order valence-corrected chi connectivity index (χ3v) is 5.53. The highest BCUT2D eigenvalue weighted by molar-refractivity contribution is 9.10. The van der Waals surface area contributed by atoms with Crippen LogP contribution in [0.5, 0.6) is 5.75 Å². The summed E-state index contributed by atoms with van der Waals surface area (Å²) < 4.78 is 14.0. The lowest BCUT2D eigenvalue weighted by Crippen LogP contribution is -2.38. The molecule has 132 valence electrons. The van der Waals surface area contributed by atoms with Gasteiger partial charge in [-0.15, -0.1) is 0 Å². The van der Waals surface area contributed by atoms with Crippen LogP contribution < -0.4 is 0 Å². The maximum atomic E-state index is 13.4. The topological polar surface area (TPSA) is 40.5 Å². The fraction of sp³-hybridized carbons (Fsp3) is 0.350. The van der Waals surface area contributed by atoms with Crippen LogP contribution in [-0.4, -0.2) is 29.0 Å². The first-order valence-electron chi connectivity index (χ1n) is 8.55. The summed E-state index contributed by atoms with van der Waals surface area (Å²) in [6, 6.07) is 11.6. The van der Waals surface area contributed by atoms with Gasteiger partial charge in [-0.25, -0.2) is 4.39 Å². The third kappa shape index (κ3) is 4.60. The Hall–Kier alpha value is -1.88. The number of phenolic OH excluding ortho intramolecular Hbond substituents is 1. The average molecular weight is 406 g/mol. The van der Waals surface area contributed by atoms with Gasteiger partial charge >= 0.3 is 0 Å². The van der Waals surface area contributed by atoms with E-state index < -0.39 is 5.82 Å². The SMILES string of the molecule is O=C(c1cc(F)ccc1Br)N1CCC(CCc2ccc(O)cc2)CC1. The number of phenols is 1. The molecule has 0 atom stereocenters. The van der Waals surface area contributed by atoms with Gasteiger partial charge in [0.25, 0.3) is 5.91 Å². The molecule has 1 amide bonds. The predicted molar refractivity (Wildman–Crippen MR) is 99.2 cm³/mol. The highest BCUT2D eigenvalue weighted by Gasteiger charge is 2.24. The molecule has 0 radical (unpaired) electrons. The summed E-state index contributed by atoms with van der Waals surface area (Å²) in [5.74, 6) is 0.381. The highest BCUT2D eigenvalue weighted by Crippen LogP contribution is 2.26. The zero-order chi connectivity index (χ0) is 17.8. The number of hydrogen-bond donors (Lipinski definition) is 1. The maximum Gasteiger partial charge on any atom is 0.255 e. The molecular weight excluding hydrogens is 385 g/mol. The van der Waals surface area contributed by atoms with E-state index in [-0.39, 0.29) is 5.91 Å². The van der Waals surface area contributed by atoms with Crippen LogP contribution in [0.25, 0.3) is 0 Å². The van der Waals surface area contributed by atoms with Gasteiger partial charge in [0, 0.05) is 17.6 Å². The van der Waals surface area contributed by atoms with E-state index in [2.05, 4.69) is 15.9 Å². The highest BCUT2D eigenvalue weighted by atomic mass is 79.9. The Kier molecular flexibility index (Phi) is 5.74. The van der Waals surface area contributed by atoms with Crippen molar-refractivity contribution in [3.05, 3.63) is 63.9 Å². The van der Waals surface area contributed by atoms with E-state index in [4.69, 9.17) is 0 Å². The molecule has 1 fully saturated rings. The van der Waals surface area contributed by atoms with Crippen LogP contribution in [0, 0.1) is 11.7 Å². The molecule has 2 aromatic rings. The van der Waals surface area contributed by atoms with Crippen molar-refractivity contribution in [2.45, 2.75) is 25.7 Å². The van der Waals surface area contributed by atoms with Crippen LogP contribution in [0.15, 0.2) is 46.9 Å². The second kappa shape index (κ2) is 8.00. The number of halogens is 2. The Morgan fingerprint density at radius 1 is 1.16 bits per heavy atom. The van der Waals surface area contributed by atoms with E-state index in [9.17, 15) is 14.3 Å². The number of rotatable bonds is 4. The summed E-state index contributed by atoms with van der Waals surface area (Å²) >= 11 is 3.33. The van der Waals surface area contributed by atoms with E-state index in [0.29, 0.717) is 34.8 Å². The molecule has 25 heavy (non-hydrogen) atoms. The summed E-state index contributed by atoms with van der Waals surface area (Å²) in [5.41, 5.74) is 1.61. The first kappa shape index (κ1) is 17.9. The van der Waals surface area contributed by atoms with Gasteiger partial charge in [0.2, 0.25) is 0 Å². The second-order valence-electron chi connectivity index (χ2n) is 6.56. The number of hydrogen-bond acceptors (Lipinski definition) is 2. The molecule has 1 aliphatic heterocycles. The van der Waals surface area contributed by atoms with Crippen molar-refractivity contribution in [3.63, 3.8) is 0 Å². The van der Waals surface area contributed by atoms with E-state index in [1.54, 1.807) is 18.2 Å². The zero-order valence-electron chi connectivity index (χ0n) is 13.9. The summed E-state index contributed by atoms with van der Waals surface area (Å²) in [6.45, 7) is 1.42. The third-order valence-electron chi connectivity index (χ3n) is 4.84. The number of benzene rings is 2. The molecule has 0 aliphatic carbocycles. The van der Waals surface area contributed by atoms with Gasteiger partial charge in [0.15, 0.2) is 0 Å². The Morgan fingerprint density at radius 2 is 1.84 bits per heavy atom. The van der Waals surface area contributed by atoms with Crippen molar-refractivity contribution in [1.82, 2.24) is 4.90 Å². The van der Waals surface area contributed by atoms with Gasteiger partial charge < -0.3 is 10.0 Å². The summed E-state index contributed by atoms with van der Waals surface area (Å²) in [5, 5.41) is 9.32. The minimum absolute atomic E-state index is 0.108. The molecule has 0 unspecified atom stereocenters. The number of nitrogens with zero attached hydrogens (tertiary/aromatic N) is 1. The maximum absolute atomic E-state index is 13.4. The van der Waals surface area contributed by atoms with Gasteiger partial charge in [-0.2, -0.15) is 0 Å². The molecule has 5 heteroatoms. The van der Waals surface area contributed by atoms with E-state index in [1.807, 2.05) is 17.0 Å². The molecule has 0 spiro atoms. The molecule has 0 saturated carbocycles. The Morgan fingerprint density at radius 3 is 2.52 bits per heavy atom. The van der Waals surface area contributed by atoms with Crippen LogP contribution >= 0.6 is 15.9 Å². The summed E-state index contributed by atoms with van der Waals surface area (Å²) in [6.07, 6.45) is 4.00. The van der Waals surface area contributed by atoms with Crippen molar-refractivity contribution < 1.29 is 14.3 Å². The summed E-state index contributed by atoms with van der Waals surface area (Å²) in [7, 11) is 0. The quantitative estimate of drug-likeness (QED) is 0.794. The predicted octanol–water partition coefficient (Wildman–Crippen LogP) is 4.78. The van der Waals surface area contributed by atoms with Gasteiger partial charge in [0.05, 0.1) is 5.56 Å². The van der Waals surface area contributed by atoms with Crippen molar-refractivity contribution in [3.8, 4) is 5.75 Å². The van der Waals surface area contributed by atoms with Crippen LogP contribution in [0.1, 0.15) is 35.2 Å². The molecule has 0 aromatic heterocycles. The minimum Gasteiger partial charge on any atom is -0.508 e. The largest absolute Gasteiger partial charge is 0.508 e. The number of carbonyl (C=O) groups is 1. The smallest absolute Gasteiger partial charge is 0.255 e. The molecule has 3 rings (SSSR count). The molecule has 1 heterocycles. The number of aryl methyl sites for hydroxylation is 1. The van der Waals surface area contributed by atoms with Crippen molar-refractivity contribution in [2.24, 2.45) is 5.92 Å². The van der Waals surface area contributed by atoms with Crippen molar-refractivity contribution in [1.29, 1.82) is 0 Å². The molecule has 0 bridgehead atoms. The molecule has 2 aromatic carbocycles. The molecular formula is C20H21BrFNO2. The lowest BCUT2D eigenvalue weighted by atomic mass is 9.90. The van der Waals surface area contributed by atoms with Gasteiger partial charge in [-0.05, 0) is 83.4 Å². The Labute approximate surface area is 155 Å². The zero-order valence-corrected chi connectivity index (χ0v) is 15.5. The summed E-state index contributed by atoms with van der Waals surface area (Å²) in [4.78, 5) is 14.4. The molecule has 1 saturated heterocycles. The van der Waals surface area contributed by atoms with Crippen molar-refractivity contribution >= 4 is 21.8 Å². The number of piperidine rings is 1.